The molecule has 2 aromatic rings. The molecule has 0 spiro atoms. The molecule has 0 radical (unpaired) electrons. The van der Waals surface area contributed by atoms with E-state index in [4.69, 9.17) is 15.2 Å². The molecule has 0 unspecified atom stereocenters. The lowest BCUT2D eigenvalue weighted by Crippen LogP contribution is -2.15. The number of rotatable bonds is 1. The van der Waals surface area contributed by atoms with E-state index < -0.39 is 0 Å². The first-order valence-electron chi connectivity index (χ1n) is 5.13. The maximum atomic E-state index is 5.57. The van der Waals surface area contributed by atoms with Crippen LogP contribution < -0.4 is 15.2 Å². The van der Waals surface area contributed by atoms with Crippen LogP contribution in [0.3, 0.4) is 0 Å². The van der Waals surface area contributed by atoms with Gasteiger partial charge in [0.2, 0.25) is 0 Å². The largest absolute Gasteiger partial charge is 0.486 e. The number of fused-ring (bicyclic) bond motifs is 3. The smallest absolute Gasteiger partial charge is 0.172 e. The molecule has 5 heteroatoms. The van der Waals surface area contributed by atoms with E-state index in [9.17, 15) is 0 Å². The van der Waals surface area contributed by atoms with Crippen LogP contribution in [-0.4, -0.2) is 23.2 Å². The highest BCUT2D eigenvalue weighted by Crippen LogP contribution is 2.36. The second kappa shape index (κ2) is 3.61. The molecule has 1 aliphatic rings. The molecule has 3 rings (SSSR count). The molecule has 0 aliphatic carbocycles. The van der Waals surface area contributed by atoms with E-state index in [1.807, 2.05) is 12.1 Å². The zero-order chi connectivity index (χ0) is 11.0. The molecule has 0 atom stereocenters. The number of nitrogens with zero attached hydrogens (tertiary/aromatic N) is 2. The van der Waals surface area contributed by atoms with Crippen molar-refractivity contribution in [2.45, 2.75) is 6.54 Å². The molecule has 5 nitrogen and oxygen atoms in total. The first kappa shape index (κ1) is 9.35. The molecular formula is C11H11N3O2. The van der Waals surface area contributed by atoms with Gasteiger partial charge in [-0.1, -0.05) is 0 Å². The van der Waals surface area contributed by atoms with Crippen LogP contribution >= 0.6 is 0 Å². The molecule has 1 aromatic carbocycles. The zero-order valence-electron chi connectivity index (χ0n) is 8.64. The van der Waals surface area contributed by atoms with Crippen LogP contribution in [-0.2, 0) is 6.54 Å². The number of ether oxygens (including phenoxy) is 2. The van der Waals surface area contributed by atoms with Crippen LogP contribution in [0, 0.1) is 0 Å². The summed E-state index contributed by atoms with van der Waals surface area (Å²) in [6, 6.07) is 3.76. The predicted octanol–water partition coefficient (Wildman–Crippen LogP) is 0.860. The van der Waals surface area contributed by atoms with E-state index in [2.05, 4.69) is 9.97 Å². The fourth-order valence-corrected chi connectivity index (χ4v) is 1.75. The topological polar surface area (TPSA) is 70.3 Å². The van der Waals surface area contributed by atoms with E-state index in [-0.39, 0.29) is 0 Å². The van der Waals surface area contributed by atoms with Gasteiger partial charge in [0.25, 0.3) is 0 Å². The lowest BCUT2D eigenvalue weighted by Gasteiger charge is -2.19. The number of aromatic nitrogens is 2. The van der Waals surface area contributed by atoms with E-state index in [0.717, 1.165) is 22.4 Å². The fourth-order valence-electron chi connectivity index (χ4n) is 1.75. The molecule has 16 heavy (non-hydrogen) atoms. The maximum Gasteiger partial charge on any atom is 0.172 e. The Morgan fingerprint density at radius 2 is 2.12 bits per heavy atom. The van der Waals surface area contributed by atoms with Crippen molar-refractivity contribution in [1.82, 2.24) is 9.97 Å². The first-order chi connectivity index (χ1) is 7.88. The van der Waals surface area contributed by atoms with Crippen LogP contribution in [0.4, 0.5) is 0 Å². The van der Waals surface area contributed by atoms with Crippen molar-refractivity contribution in [3.05, 3.63) is 24.2 Å². The monoisotopic (exact) mass is 217 g/mol. The summed E-state index contributed by atoms with van der Waals surface area (Å²) in [6.07, 6.45) is 1.73. The molecule has 82 valence electrons. The minimum Gasteiger partial charge on any atom is -0.486 e. The SMILES string of the molecule is NCc1ncc2c3c(ccc2n1)OCCO3. The second-order valence-electron chi connectivity index (χ2n) is 3.51. The third-order valence-corrected chi connectivity index (χ3v) is 2.50. The molecular weight excluding hydrogens is 206 g/mol. The van der Waals surface area contributed by atoms with Crippen molar-refractivity contribution < 1.29 is 9.47 Å². The quantitative estimate of drug-likeness (QED) is 0.767. The zero-order valence-corrected chi connectivity index (χ0v) is 8.64. The highest BCUT2D eigenvalue weighted by atomic mass is 16.6. The Labute approximate surface area is 92.2 Å². The van der Waals surface area contributed by atoms with Gasteiger partial charge in [-0.05, 0) is 12.1 Å². The molecule has 0 saturated heterocycles. The molecule has 0 fully saturated rings. The Hall–Kier alpha value is -1.88. The molecule has 2 N–H and O–H groups in total. The van der Waals surface area contributed by atoms with E-state index >= 15 is 0 Å². The highest BCUT2D eigenvalue weighted by molar-refractivity contribution is 5.87. The summed E-state index contributed by atoms with van der Waals surface area (Å²) < 4.78 is 11.1. The summed E-state index contributed by atoms with van der Waals surface area (Å²) in [7, 11) is 0. The minimum atomic E-state index is 0.338. The Balaban J connectivity index is 2.24. The van der Waals surface area contributed by atoms with Crippen LogP contribution in [0.5, 0.6) is 11.5 Å². The lowest BCUT2D eigenvalue weighted by molar-refractivity contribution is 0.174. The number of hydrogen-bond acceptors (Lipinski definition) is 5. The van der Waals surface area contributed by atoms with Crippen molar-refractivity contribution in [3.8, 4) is 11.5 Å². The molecule has 1 aromatic heterocycles. The third-order valence-electron chi connectivity index (χ3n) is 2.50. The third kappa shape index (κ3) is 1.37. The van der Waals surface area contributed by atoms with Gasteiger partial charge in [0, 0.05) is 6.20 Å². The summed E-state index contributed by atoms with van der Waals surface area (Å²) in [5.41, 5.74) is 6.33. The van der Waals surface area contributed by atoms with Gasteiger partial charge in [-0.3, -0.25) is 0 Å². The van der Waals surface area contributed by atoms with E-state index in [0.29, 0.717) is 25.6 Å². The van der Waals surface area contributed by atoms with Crippen molar-refractivity contribution in [3.63, 3.8) is 0 Å². The van der Waals surface area contributed by atoms with Gasteiger partial charge in [0.15, 0.2) is 11.5 Å². The summed E-state index contributed by atoms with van der Waals surface area (Å²) in [4.78, 5) is 8.49. The average Bonchev–Trinajstić information content (AvgIpc) is 2.38. The number of benzene rings is 1. The normalized spacial score (nSPS) is 14.1. The van der Waals surface area contributed by atoms with E-state index in [1.165, 1.54) is 0 Å². The van der Waals surface area contributed by atoms with Gasteiger partial charge >= 0.3 is 0 Å². The molecule has 0 bridgehead atoms. The van der Waals surface area contributed by atoms with Gasteiger partial charge in [0.1, 0.15) is 19.0 Å². The van der Waals surface area contributed by atoms with Gasteiger partial charge in [-0.25, -0.2) is 9.97 Å². The summed E-state index contributed by atoms with van der Waals surface area (Å²) in [6.45, 7) is 1.48. The Kier molecular flexibility index (Phi) is 2.11. The van der Waals surface area contributed by atoms with E-state index in [1.54, 1.807) is 6.20 Å². The highest BCUT2D eigenvalue weighted by Gasteiger charge is 2.15. The van der Waals surface area contributed by atoms with Crippen molar-refractivity contribution in [2.75, 3.05) is 13.2 Å². The molecule has 0 saturated carbocycles. The van der Waals surface area contributed by atoms with Crippen LogP contribution in [0.1, 0.15) is 5.82 Å². The average molecular weight is 217 g/mol. The molecule has 1 aliphatic heterocycles. The Morgan fingerprint density at radius 3 is 3.00 bits per heavy atom. The first-order valence-corrected chi connectivity index (χ1v) is 5.13. The molecule has 2 heterocycles. The van der Waals surface area contributed by atoms with Crippen LogP contribution in [0.15, 0.2) is 18.3 Å². The van der Waals surface area contributed by atoms with Gasteiger partial charge in [-0.15, -0.1) is 0 Å². The minimum absolute atomic E-state index is 0.338. The van der Waals surface area contributed by atoms with Crippen LogP contribution in [0.2, 0.25) is 0 Å². The fraction of sp³-hybridized carbons (Fsp3) is 0.273. The summed E-state index contributed by atoms with van der Waals surface area (Å²) in [5, 5.41) is 0.870. The van der Waals surface area contributed by atoms with Crippen molar-refractivity contribution in [1.29, 1.82) is 0 Å². The number of nitrogens with two attached hydrogens (primary N) is 1. The lowest BCUT2D eigenvalue weighted by atomic mass is 10.2. The summed E-state index contributed by atoms with van der Waals surface area (Å²) in [5.74, 6) is 2.11. The predicted molar refractivity (Wildman–Crippen MR) is 58.4 cm³/mol. The Morgan fingerprint density at radius 1 is 1.25 bits per heavy atom. The van der Waals surface area contributed by atoms with Gasteiger partial charge in [-0.2, -0.15) is 0 Å². The second-order valence-corrected chi connectivity index (χ2v) is 3.51. The van der Waals surface area contributed by atoms with Crippen molar-refractivity contribution >= 4 is 10.9 Å². The van der Waals surface area contributed by atoms with Gasteiger partial charge in [0.05, 0.1) is 17.4 Å². The number of hydrogen-bond donors (Lipinski definition) is 1. The summed E-state index contributed by atoms with van der Waals surface area (Å²) >= 11 is 0. The standard InChI is InChI=1S/C11H11N3O2/c12-5-10-13-6-7-8(14-10)1-2-9-11(7)16-4-3-15-9/h1-2,6H,3-5,12H2. The molecule has 0 amide bonds. The Bertz CT molecular complexity index is 542. The van der Waals surface area contributed by atoms with Crippen LogP contribution in [0.25, 0.3) is 10.9 Å². The maximum absolute atomic E-state index is 5.57. The van der Waals surface area contributed by atoms with Crippen molar-refractivity contribution in [2.24, 2.45) is 5.73 Å². The van der Waals surface area contributed by atoms with Gasteiger partial charge < -0.3 is 15.2 Å².